The molecule has 3 heterocycles. The van der Waals surface area contributed by atoms with E-state index in [1.54, 1.807) is 37.5 Å². The highest BCUT2D eigenvalue weighted by molar-refractivity contribution is 5.94. The third kappa shape index (κ3) is 4.49. The van der Waals surface area contributed by atoms with Crippen molar-refractivity contribution in [3.05, 3.63) is 78.0 Å². The largest absolute Gasteiger partial charge is 0.385 e. The molecule has 0 saturated heterocycles. The van der Waals surface area contributed by atoms with Crippen LogP contribution in [-0.2, 0) is 0 Å². The van der Waals surface area contributed by atoms with Crippen LogP contribution in [0.2, 0.25) is 0 Å². The second kappa shape index (κ2) is 9.53. The summed E-state index contributed by atoms with van der Waals surface area (Å²) in [6.07, 6.45) is 8.29. The molecule has 0 radical (unpaired) electrons. The van der Waals surface area contributed by atoms with Gasteiger partial charge in [-0.25, -0.2) is 18.9 Å². The number of allylic oxidation sites excluding steroid dienone is 3. The summed E-state index contributed by atoms with van der Waals surface area (Å²) >= 11 is 0. The average Bonchev–Trinajstić information content (AvgIpc) is 3.34. The van der Waals surface area contributed by atoms with Crippen molar-refractivity contribution in [2.75, 3.05) is 17.7 Å². The van der Waals surface area contributed by atoms with E-state index >= 15 is 0 Å². The number of rotatable bonds is 9. The third-order valence-corrected chi connectivity index (χ3v) is 5.03. The Kier molecular flexibility index (Phi) is 6.35. The number of nitrogens with zero attached hydrogens (tertiary/aromatic N) is 5. The number of hydrogen-bond acceptors (Lipinski definition) is 7. The molecular formula is C23H23FN8O2. The van der Waals surface area contributed by atoms with Gasteiger partial charge in [0.2, 0.25) is 0 Å². The molecule has 10 nitrogen and oxygen atoms in total. The summed E-state index contributed by atoms with van der Waals surface area (Å²) < 4.78 is 15.9. The minimum atomic E-state index is -1.03. The first-order valence-electron chi connectivity index (χ1n) is 10.4. The zero-order valence-electron chi connectivity index (χ0n) is 18.4. The van der Waals surface area contributed by atoms with Crippen LogP contribution in [0.4, 0.5) is 21.6 Å². The first kappa shape index (κ1) is 22.6. The number of alkyl halides is 1. The van der Waals surface area contributed by atoms with Gasteiger partial charge < -0.3 is 16.0 Å². The summed E-state index contributed by atoms with van der Waals surface area (Å²) in [4.78, 5) is 34.2. The summed E-state index contributed by atoms with van der Waals surface area (Å²) in [5.41, 5.74) is 0.979. The molecule has 1 saturated carbocycles. The monoisotopic (exact) mass is 462 g/mol. The highest BCUT2D eigenvalue weighted by Crippen LogP contribution is 2.26. The lowest BCUT2D eigenvalue weighted by molar-refractivity contribution is 0.0940. The quantitative estimate of drug-likeness (QED) is 0.333. The van der Waals surface area contributed by atoms with Crippen molar-refractivity contribution in [3.63, 3.8) is 0 Å². The number of fused-ring (bicyclic) bond motifs is 1. The van der Waals surface area contributed by atoms with E-state index in [0.29, 0.717) is 23.6 Å². The van der Waals surface area contributed by atoms with Crippen molar-refractivity contribution in [1.82, 2.24) is 24.5 Å². The van der Waals surface area contributed by atoms with Gasteiger partial charge in [0.05, 0.1) is 17.9 Å². The molecule has 1 aliphatic rings. The van der Waals surface area contributed by atoms with Crippen molar-refractivity contribution < 1.29 is 9.18 Å². The third-order valence-electron chi connectivity index (χ3n) is 5.03. The van der Waals surface area contributed by atoms with Crippen molar-refractivity contribution in [2.24, 2.45) is 4.99 Å². The molecule has 11 heteroatoms. The summed E-state index contributed by atoms with van der Waals surface area (Å²) in [6.45, 7) is 7.25. The highest BCUT2D eigenvalue weighted by atomic mass is 19.1. The maximum absolute atomic E-state index is 13.2. The van der Waals surface area contributed by atoms with Crippen LogP contribution in [0.3, 0.4) is 0 Å². The molecule has 2 unspecified atom stereocenters. The number of imidazole rings is 1. The van der Waals surface area contributed by atoms with E-state index < -0.39 is 18.1 Å². The Morgan fingerprint density at radius 3 is 2.79 bits per heavy atom. The Morgan fingerprint density at radius 2 is 2.12 bits per heavy atom. The second-order valence-corrected chi connectivity index (χ2v) is 7.40. The average molecular weight is 462 g/mol. The number of pyridine rings is 1. The number of aliphatic imine (C=N–C) groups is 1. The fourth-order valence-corrected chi connectivity index (χ4v) is 3.25. The van der Waals surface area contributed by atoms with Crippen molar-refractivity contribution in [3.8, 4) is 0 Å². The molecule has 174 valence electrons. The SMILES string of the molecule is C=CC=N/C(=C\C=C)n1cccc(Nc2cc(NC)c3ncc(C(=O)NC4CC4F)n3n2)c1=O. The van der Waals surface area contributed by atoms with Gasteiger partial charge in [-0.05, 0) is 18.2 Å². The van der Waals surface area contributed by atoms with Crippen LogP contribution >= 0.6 is 0 Å². The number of hydrogen-bond donors (Lipinski definition) is 3. The van der Waals surface area contributed by atoms with E-state index in [2.05, 4.69) is 44.2 Å². The molecular weight excluding hydrogens is 439 g/mol. The molecule has 0 aromatic carbocycles. The van der Waals surface area contributed by atoms with Crippen molar-refractivity contribution in [1.29, 1.82) is 0 Å². The van der Waals surface area contributed by atoms with Crippen LogP contribution < -0.4 is 21.5 Å². The minimum absolute atomic E-state index is 0.148. The fraction of sp³-hybridized carbons (Fsp3) is 0.174. The van der Waals surface area contributed by atoms with E-state index in [0.717, 1.165) is 0 Å². The van der Waals surface area contributed by atoms with Gasteiger partial charge in [-0.1, -0.05) is 25.3 Å². The summed E-state index contributed by atoms with van der Waals surface area (Å²) in [6, 6.07) is 4.45. The normalized spacial score (nSPS) is 17.5. The van der Waals surface area contributed by atoms with Gasteiger partial charge in [0, 0.05) is 31.9 Å². The molecule has 0 bridgehead atoms. The van der Waals surface area contributed by atoms with Gasteiger partial charge in [0.15, 0.2) is 17.2 Å². The standard InChI is InChI=1S/C23H23FN8O2/c1-4-7-20(26-9-5-2)31-10-6-8-15(23(31)34)28-19-12-17(25-3)21-27-13-18(32(21)30-19)22(33)29-16-11-14(16)24/h4-10,12-14,16,25H,1-2,11H2,3H3,(H,28,30)(H,29,33)/b20-7+,26-9?. The number of halogens is 1. The summed E-state index contributed by atoms with van der Waals surface area (Å²) in [7, 11) is 1.70. The Morgan fingerprint density at radius 1 is 1.32 bits per heavy atom. The van der Waals surface area contributed by atoms with Crippen LogP contribution in [-0.4, -0.2) is 50.5 Å². The topological polar surface area (TPSA) is 118 Å². The maximum Gasteiger partial charge on any atom is 0.279 e. The molecule has 1 aliphatic carbocycles. The number of nitrogens with one attached hydrogen (secondary N) is 3. The lowest BCUT2D eigenvalue weighted by Crippen LogP contribution is -2.28. The number of carbonyl (C=O) groups excluding carboxylic acids is 1. The van der Waals surface area contributed by atoms with Crippen LogP contribution in [0.25, 0.3) is 11.5 Å². The van der Waals surface area contributed by atoms with Gasteiger partial charge in [-0.2, -0.15) is 0 Å². The van der Waals surface area contributed by atoms with Crippen molar-refractivity contribution >= 4 is 40.8 Å². The van der Waals surface area contributed by atoms with Gasteiger partial charge >= 0.3 is 0 Å². The molecule has 2 atom stereocenters. The van der Waals surface area contributed by atoms with E-state index in [4.69, 9.17) is 0 Å². The minimum Gasteiger partial charge on any atom is -0.385 e. The summed E-state index contributed by atoms with van der Waals surface area (Å²) in [5, 5.41) is 13.1. The molecule has 1 fully saturated rings. The molecule has 1 amide bonds. The molecule has 34 heavy (non-hydrogen) atoms. The number of aromatic nitrogens is 4. The summed E-state index contributed by atoms with van der Waals surface area (Å²) in [5.74, 6) is 0.158. The predicted molar refractivity (Wildman–Crippen MR) is 130 cm³/mol. The molecule has 3 aromatic rings. The van der Waals surface area contributed by atoms with Gasteiger partial charge in [0.25, 0.3) is 11.5 Å². The molecule has 3 N–H and O–H groups in total. The Balaban J connectivity index is 1.71. The maximum atomic E-state index is 13.2. The van der Waals surface area contributed by atoms with Gasteiger partial charge in [-0.3, -0.25) is 14.2 Å². The molecule has 0 aliphatic heterocycles. The van der Waals surface area contributed by atoms with Gasteiger partial charge in [0.1, 0.15) is 17.7 Å². The highest BCUT2D eigenvalue weighted by Gasteiger charge is 2.39. The van der Waals surface area contributed by atoms with E-state index in [1.807, 2.05) is 0 Å². The number of amides is 1. The van der Waals surface area contributed by atoms with E-state index in [9.17, 15) is 14.0 Å². The molecule has 0 spiro atoms. The van der Waals surface area contributed by atoms with Gasteiger partial charge in [-0.15, -0.1) is 5.10 Å². The Bertz CT molecular complexity index is 1390. The number of anilines is 3. The first-order chi connectivity index (χ1) is 16.5. The lowest BCUT2D eigenvalue weighted by atomic mass is 10.3. The van der Waals surface area contributed by atoms with Crippen LogP contribution in [0.1, 0.15) is 16.9 Å². The van der Waals surface area contributed by atoms with Crippen LogP contribution in [0, 0.1) is 0 Å². The zero-order chi connectivity index (χ0) is 24.2. The number of carbonyl (C=O) groups is 1. The van der Waals surface area contributed by atoms with Crippen LogP contribution in [0.5, 0.6) is 0 Å². The van der Waals surface area contributed by atoms with Crippen molar-refractivity contribution in [2.45, 2.75) is 18.6 Å². The Hall–Kier alpha value is -4.54. The first-order valence-corrected chi connectivity index (χ1v) is 10.4. The molecule has 3 aromatic heterocycles. The van der Waals surface area contributed by atoms with E-state index in [-0.39, 0.29) is 22.8 Å². The molecule has 4 rings (SSSR count). The second-order valence-electron chi connectivity index (χ2n) is 7.40. The Labute approximate surface area is 194 Å². The van der Waals surface area contributed by atoms with E-state index in [1.165, 1.54) is 33.6 Å². The smallest absolute Gasteiger partial charge is 0.279 e. The van der Waals surface area contributed by atoms with Crippen LogP contribution in [0.15, 0.2) is 71.8 Å². The predicted octanol–water partition coefficient (Wildman–Crippen LogP) is 2.76. The zero-order valence-corrected chi connectivity index (χ0v) is 18.4. The fourth-order valence-electron chi connectivity index (χ4n) is 3.25. The lowest BCUT2D eigenvalue weighted by Gasteiger charge is -2.12.